The first-order valence-corrected chi connectivity index (χ1v) is 10.3. The summed E-state index contributed by atoms with van der Waals surface area (Å²) in [6.07, 6.45) is 6.48. The number of primary amides is 1. The van der Waals surface area contributed by atoms with Crippen molar-refractivity contribution in [3.63, 3.8) is 0 Å². The van der Waals surface area contributed by atoms with Gasteiger partial charge in [-0.2, -0.15) is 8.42 Å². The molecule has 1 saturated heterocycles. The number of benzene rings is 1. The first-order chi connectivity index (χ1) is 11.9. The van der Waals surface area contributed by atoms with Gasteiger partial charge in [0.1, 0.15) is 0 Å². The average Bonchev–Trinajstić information content (AvgIpc) is 2.61. The van der Waals surface area contributed by atoms with E-state index in [9.17, 15) is 13.2 Å². The first-order valence-electron chi connectivity index (χ1n) is 8.77. The van der Waals surface area contributed by atoms with Crippen LogP contribution in [0, 0.1) is 5.92 Å². The van der Waals surface area contributed by atoms with E-state index in [0.717, 1.165) is 30.4 Å². The van der Waals surface area contributed by atoms with Crippen LogP contribution in [-0.4, -0.2) is 27.4 Å². The van der Waals surface area contributed by atoms with Crippen molar-refractivity contribution in [2.45, 2.75) is 38.5 Å². The molecule has 1 aromatic rings. The molecule has 1 fully saturated rings. The Labute approximate surface area is 149 Å². The lowest BCUT2D eigenvalue weighted by atomic mass is 9.82. The normalized spacial score (nSPS) is 23.9. The summed E-state index contributed by atoms with van der Waals surface area (Å²) in [7, 11) is -3.37. The maximum absolute atomic E-state index is 11.8. The van der Waals surface area contributed by atoms with Gasteiger partial charge in [-0.3, -0.25) is 4.79 Å². The van der Waals surface area contributed by atoms with Gasteiger partial charge in [-0.05, 0) is 47.9 Å². The molecule has 1 aliphatic carbocycles. The number of amides is 1. The van der Waals surface area contributed by atoms with E-state index in [1.54, 1.807) is 6.07 Å². The fourth-order valence-electron chi connectivity index (χ4n) is 3.58. The Kier molecular flexibility index (Phi) is 5.27. The molecule has 1 heterocycles. The molecule has 6 nitrogen and oxygen atoms in total. The number of hydrogen-bond donors (Lipinski definition) is 3. The highest BCUT2D eigenvalue weighted by molar-refractivity contribution is 7.87. The third-order valence-electron chi connectivity index (χ3n) is 5.26. The van der Waals surface area contributed by atoms with Crippen LogP contribution < -0.4 is 15.2 Å². The summed E-state index contributed by atoms with van der Waals surface area (Å²) < 4.78 is 27.9. The van der Waals surface area contributed by atoms with E-state index in [-0.39, 0.29) is 5.92 Å². The molecule has 1 unspecified atom stereocenters. The molecule has 0 bridgehead atoms. The highest BCUT2D eigenvalue weighted by Crippen LogP contribution is 2.34. The number of allylic oxidation sites excluding steroid dienone is 2. The average molecular weight is 363 g/mol. The lowest BCUT2D eigenvalue weighted by molar-refractivity contribution is 0.1000. The van der Waals surface area contributed by atoms with Crippen molar-refractivity contribution >= 4 is 21.7 Å². The Morgan fingerprint density at radius 3 is 2.56 bits per heavy atom. The van der Waals surface area contributed by atoms with E-state index in [1.165, 1.54) is 12.0 Å². The summed E-state index contributed by atoms with van der Waals surface area (Å²) >= 11 is 0. The van der Waals surface area contributed by atoms with E-state index in [4.69, 9.17) is 5.73 Å². The molecule has 0 aromatic heterocycles. The van der Waals surface area contributed by atoms with Gasteiger partial charge in [0.25, 0.3) is 10.2 Å². The maximum Gasteiger partial charge on any atom is 0.276 e. The molecule has 136 valence electrons. The van der Waals surface area contributed by atoms with E-state index in [2.05, 4.69) is 22.4 Å². The fraction of sp³-hybridized carbons (Fsp3) is 0.500. The third kappa shape index (κ3) is 4.11. The van der Waals surface area contributed by atoms with E-state index >= 15 is 0 Å². The predicted octanol–water partition coefficient (Wildman–Crippen LogP) is 1.90. The zero-order valence-corrected chi connectivity index (χ0v) is 15.2. The van der Waals surface area contributed by atoms with Gasteiger partial charge < -0.3 is 5.73 Å². The van der Waals surface area contributed by atoms with Crippen molar-refractivity contribution in [3.8, 4) is 0 Å². The lowest BCUT2D eigenvalue weighted by Crippen LogP contribution is -2.47. The number of rotatable bonds is 4. The van der Waals surface area contributed by atoms with Crippen LogP contribution in [0.1, 0.15) is 60.0 Å². The van der Waals surface area contributed by atoms with Crippen LogP contribution in [0.5, 0.6) is 0 Å². The monoisotopic (exact) mass is 363 g/mol. The van der Waals surface area contributed by atoms with Crippen LogP contribution >= 0.6 is 0 Å². The van der Waals surface area contributed by atoms with Crippen LogP contribution in [0.25, 0.3) is 5.57 Å². The second kappa shape index (κ2) is 7.27. The Bertz CT molecular complexity index is 788. The van der Waals surface area contributed by atoms with Crippen molar-refractivity contribution in [1.29, 1.82) is 0 Å². The molecule has 3 rings (SSSR count). The smallest absolute Gasteiger partial charge is 0.276 e. The van der Waals surface area contributed by atoms with Gasteiger partial charge in [-0.15, -0.1) is 0 Å². The van der Waals surface area contributed by atoms with Gasteiger partial charge in [0.05, 0.1) is 0 Å². The van der Waals surface area contributed by atoms with Crippen LogP contribution in [0.15, 0.2) is 24.3 Å². The Morgan fingerprint density at radius 2 is 2.00 bits per heavy atom. The predicted molar refractivity (Wildman–Crippen MR) is 98.2 cm³/mol. The molecule has 7 heteroatoms. The molecule has 0 saturated carbocycles. The standard InChI is InChI=1S/C18H25N3O3S/c1-2-12-3-5-13(6-4-12)17-9-14(7-8-16(17)18(19)22)15-10-20-25(23,24)21-11-15/h5,7-9,12,15,20-21H,2-4,6,10-11H2,1H3,(H2,19,22). The summed E-state index contributed by atoms with van der Waals surface area (Å²) in [6.45, 7) is 2.90. The van der Waals surface area contributed by atoms with Gasteiger partial charge in [0, 0.05) is 24.6 Å². The molecule has 4 N–H and O–H groups in total. The zero-order valence-electron chi connectivity index (χ0n) is 14.4. The quantitative estimate of drug-likeness (QED) is 0.761. The van der Waals surface area contributed by atoms with Crippen molar-refractivity contribution in [2.24, 2.45) is 11.7 Å². The topological polar surface area (TPSA) is 101 Å². The van der Waals surface area contributed by atoms with Crippen LogP contribution in [0.4, 0.5) is 0 Å². The second-order valence-corrected chi connectivity index (χ2v) is 8.43. The lowest BCUT2D eigenvalue weighted by Gasteiger charge is -2.26. The minimum atomic E-state index is -3.37. The largest absolute Gasteiger partial charge is 0.366 e. The van der Waals surface area contributed by atoms with E-state index in [1.807, 2.05) is 12.1 Å². The van der Waals surface area contributed by atoms with E-state index < -0.39 is 16.1 Å². The van der Waals surface area contributed by atoms with Crippen LogP contribution in [0.2, 0.25) is 0 Å². The van der Waals surface area contributed by atoms with Gasteiger partial charge in [-0.1, -0.05) is 31.6 Å². The maximum atomic E-state index is 11.8. The molecule has 1 aliphatic heterocycles. The molecule has 1 atom stereocenters. The molecule has 0 radical (unpaired) electrons. The number of hydrogen-bond acceptors (Lipinski definition) is 3. The van der Waals surface area contributed by atoms with Gasteiger partial charge >= 0.3 is 0 Å². The summed E-state index contributed by atoms with van der Waals surface area (Å²) in [4.78, 5) is 11.8. The minimum Gasteiger partial charge on any atom is -0.366 e. The van der Waals surface area contributed by atoms with Gasteiger partial charge in [0.15, 0.2) is 0 Å². The molecule has 2 aliphatic rings. The van der Waals surface area contributed by atoms with Crippen LogP contribution in [0.3, 0.4) is 0 Å². The zero-order chi connectivity index (χ0) is 18.0. The molecule has 1 aromatic carbocycles. The Balaban J connectivity index is 1.91. The summed E-state index contributed by atoms with van der Waals surface area (Å²) in [5, 5.41) is 0. The van der Waals surface area contributed by atoms with Crippen molar-refractivity contribution in [3.05, 3.63) is 41.0 Å². The highest BCUT2D eigenvalue weighted by Gasteiger charge is 2.25. The third-order valence-corrected chi connectivity index (χ3v) is 6.36. The SMILES string of the molecule is CCC1CC=C(c2cc(C3CNS(=O)(=O)NC3)ccc2C(N)=O)CC1. The molecule has 0 spiro atoms. The minimum absolute atomic E-state index is 0.0248. The molecular weight excluding hydrogens is 338 g/mol. The molecule has 1 amide bonds. The summed E-state index contributed by atoms with van der Waals surface area (Å²) in [6, 6.07) is 5.64. The number of carbonyl (C=O) groups is 1. The summed E-state index contributed by atoms with van der Waals surface area (Å²) in [5.41, 5.74) is 9.18. The van der Waals surface area contributed by atoms with Crippen LogP contribution in [-0.2, 0) is 10.2 Å². The van der Waals surface area contributed by atoms with E-state index in [0.29, 0.717) is 24.6 Å². The highest BCUT2D eigenvalue weighted by atomic mass is 32.2. The number of carbonyl (C=O) groups excluding carboxylic acids is 1. The van der Waals surface area contributed by atoms with Crippen molar-refractivity contribution in [1.82, 2.24) is 9.44 Å². The second-order valence-electron chi connectivity index (χ2n) is 6.84. The summed E-state index contributed by atoms with van der Waals surface area (Å²) in [5.74, 6) is 0.306. The van der Waals surface area contributed by atoms with Crippen molar-refractivity contribution < 1.29 is 13.2 Å². The van der Waals surface area contributed by atoms with Gasteiger partial charge in [0.2, 0.25) is 5.91 Å². The first kappa shape index (κ1) is 18.1. The van der Waals surface area contributed by atoms with Crippen molar-refractivity contribution in [2.75, 3.05) is 13.1 Å². The number of nitrogens with one attached hydrogen (secondary N) is 2. The van der Waals surface area contributed by atoms with Gasteiger partial charge in [-0.25, -0.2) is 9.44 Å². The number of nitrogens with two attached hydrogens (primary N) is 1. The molecule has 25 heavy (non-hydrogen) atoms. The molecular formula is C18H25N3O3S. The fourth-order valence-corrected chi connectivity index (χ4v) is 4.52. The Morgan fingerprint density at radius 1 is 1.28 bits per heavy atom. The Hall–Kier alpha value is -1.70.